The monoisotopic (exact) mass is 403 g/mol. The van der Waals surface area contributed by atoms with Crippen molar-refractivity contribution in [1.29, 1.82) is 0 Å². The number of hydrogen-bond donors (Lipinski definition) is 2. The minimum atomic E-state index is -3.87. The number of nitrogens with zero attached hydrogens (tertiary/aromatic N) is 1. The Hall–Kier alpha value is -2.48. The molecule has 2 N–H and O–H groups in total. The van der Waals surface area contributed by atoms with Gasteiger partial charge >= 0.3 is 0 Å². The third-order valence-electron chi connectivity index (χ3n) is 4.94. The van der Waals surface area contributed by atoms with Crippen LogP contribution in [-0.2, 0) is 25.4 Å². The van der Waals surface area contributed by atoms with Gasteiger partial charge in [-0.25, -0.2) is 8.42 Å². The molecule has 28 heavy (non-hydrogen) atoms. The summed E-state index contributed by atoms with van der Waals surface area (Å²) in [5.41, 5.74) is 1.13. The molecule has 1 fully saturated rings. The third kappa shape index (κ3) is 5.28. The van der Waals surface area contributed by atoms with E-state index in [2.05, 4.69) is 15.0 Å². The number of amides is 2. The maximum absolute atomic E-state index is 12.4. The molecule has 1 atom stereocenters. The van der Waals surface area contributed by atoms with E-state index in [1.165, 1.54) is 0 Å². The summed E-state index contributed by atoms with van der Waals surface area (Å²) in [6, 6.07) is 8.50. The summed E-state index contributed by atoms with van der Waals surface area (Å²) >= 11 is 0. The van der Waals surface area contributed by atoms with Crippen LogP contribution in [0.25, 0.3) is 10.9 Å². The van der Waals surface area contributed by atoms with E-state index in [1.54, 1.807) is 31.3 Å². The van der Waals surface area contributed by atoms with Crippen LogP contribution in [0.3, 0.4) is 0 Å². The highest BCUT2D eigenvalue weighted by Crippen LogP contribution is 2.24. The van der Waals surface area contributed by atoms with Gasteiger partial charge in [0.2, 0.25) is 21.8 Å². The average Bonchev–Trinajstić information content (AvgIpc) is 3.15. The Bertz CT molecular complexity index is 963. The minimum absolute atomic E-state index is 0.00751. The predicted octanol–water partition coefficient (Wildman–Crippen LogP) is 2.27. The van der Waals surface area contributed by atoms with Crippen molar-refractivity contribution in [3.63, 3.8) is 0 Å². The lowest BCUT2D eigenvalue weighted by atomic mass is 10.1. The summed E-state index contributed by atoms with van der Waals surface area (Å²) in [4.78, 5) is 28.5. The second kappa shape index (κ2) is 8.68. The topological polar surface area (TPSA) is 105 Å². The summed E-state index contributed by atoms with van der Waals surface area (Å²) < 4.78 is 26.9. The van der Waals surface area contributed by atoms with Gasteiger partial charge in [0.25, 0.3) is 0 Å². The Morgan fingerprint density at radius 1 is 1.18 bits per heavy atom. The van der Waals surface area contributed by atoms with E-state index in [-0.39, 0.29) is 24.0 Å². The van der Waals surface area contributed by atoms with E-state index in [0.717, 1.165) is 31.1 Å². The normalized spacial score (nSPS) is 16.0. The third-order valence-corrected chi connectivity index (χ3v) is 6.17. The molecule has 1 aliphatic carbocycles. The fraction of sp³-hybridized carbons (Fsp3) is 0.450. The van der Waals surface area contributed by atoms with Crippen molar-refractivity contribution in [3.05, 3.63) is 42.1 Å². The second-order valence-corrected chi connectivity index (χ2v) is 9.09. The van der Waals surface area contributed by atoms with Gasteiger partial charge in [-0.05, 0) is 31.4 Å². The molecule has 1 aliphatic rings. The van der Waals surface area contributed by atoms with E-state index < -0.39 is 22.0 Å². The van der Waals surface area contributed by atoms with Crippen molar-refractivity contribution < 1.29 is 18.0 Å². The van der Waals surface area contributed by atoms with Gasteiger partial charge in [0.05, 0.1) is 11.3 Å². The molecular weight excluding hydrogens is 378 g/mol. The number of hydrogen-bond acceptors (Lipinski definition) is 5. The SMILES string of the molecule is CC(CC(=O)NS(=O)(=O)Cc1cccc2cccnc12)NC(=O)C1CCCC1. The van der Waals surface area contributed by atoms with Gasteiger partial charge in [-0.1, -0.05) is 37.1 Å². The molecule has 1 heterocycles. The number of pyridine rings is 1. The highest BCUT2D eigenvalue weighted by Gasteiger charge is 2.25. The summed E-state index contributed by atoms with van der Waals surface area (Å²) in [5.74, 6) is -1.02. The number of benzene rings is 1. The zero-order chi connectivity index (χ0) is 20.1. The lowest BCUT2D eigenvalue weighted by Crippen LogP contribution is -2.41. The van der Waals surface area contributed by atoms with Crippen LogP contribution >= 0.6 is 0 Å². The van der Waals surface area contributed by atoms with Crippen LogP contribution in [0.5, 0.6) is 0 Å². The van der Waals surface area contributed by atoms with E-state index in [1.807, 2.05) is 12.1 Å². The van der Waals surface area contributed by atoms with Gasteiger partial charge in [0.15, 0.2) is 0 Å². The summed E-state index contributed by atoms with van der Waals surface area (Å²) in [7, 11) is -3.87. The van der Waals surface area contributed by atoms with Crippen molar-refractivity contribution in [2.75, 3.05) is 0 Å². The van der Waals surface area contributed by atoms with Gasteiger partial charge in [-0.2, -0.15) is 0 Å². The number of carbonyl (C=O) groups excluding carboxylic acids is 2. The molecule has 150 valence electrons. The van der Waals surface area contributed by atoms with Crippen LogP contribution in [0.4, 0.5) is 0 Å². The number of aromatic nitrogens is 1. The summed E-state index contributed by atoms with van der Waals surface area (Å²) in [6.45, 7) is 1.70. The molecule has 1 saturated carbocycles. The number of sulfonamides is 1. The fourth-order valence-corrected chi connectivity index (χ4v) is 4.76. The fourth-order valence-electron chi connectivity index (χ4n) is 3.62. The van der Waals surface area contributed by atoms with Crippen LogP contribution in [0.15, 0.2) is 36.5 Å². The Morgan fingerprint density at radius 3 is 2.64 bits per heavy atom. The molecule has 1 aromatic carbocycles. The molecule has 0 saturated heterocycles. The Morgan fingerprint density at radius 2 is 1.89 bits per heavy atom. The summed E-state index contributed by atoms with van der Waals surface area (Å²) in [6.07, 6.45) is 5.36. The van der Waals surface area contributed by atoms with Gasteiger partial charge in [-0.3, -0.25) is 19.3 Å². The molecule has 0 radical (unpaired) electrons. The van der Waals surface area contributed by atoms with Crippen molar-refractivity contribution in [1.82, 2.24) is 15.0 Å². The molecule has 0 aliphatic heterocycles. The molecule has 0 bridgehead atoms. The highest BCUT2D eigenvalue weighted by molar-refractivity contribution is 7.89. The largest absolute Gasteiger partial charge is 0.353 e. The second-order valence-electron chi connectivity index (χ2n) is 7.37. The molecule has 0 spiro atoms. The zero-order valence-corrected chi connectivity index (χ0v) is 16.7. The van der Waals surface area contributed by atoms with Crippen LogP contribution in [0, 0.1) is 5.92 Å². The molecule has 8 heteroatoms. The number of nitrogens with one attached hydrogen (secondary N) is 2. The lowest BCUT2D eigenvalue weighted by Gasteiger charge is -2.17. The molecular formula is C20H25N3O4S. The van der Waals surface area contributed by atoms with Gasteiger partial charge in [-0.15, -0.1) is 0 Å². The molecule has 7 nitrogen and oxygen atoms in total. The molecule has 1 unspecified atom stereocenters. The first-order chi connectivity index (χ1) is 13.3. The lowest BCUT2D eigenvalue weighted by molar-refractivity contribution is -0.125. The molecule has 2 amide bonds. The smallest absolute Gasteiger partial charge is 0.239 e. The maximum atomic E-state index is 12.4. The van der Waals surface area contributed by atoms with Crippen LogP contribution < -0.4 is 10.0 Å². The number of rotatable bonds is 7. The molecule has 1 aromatic heterocycles. The zero-order valence-electron chi connectivity index (χ0n) is 15.8. The first-order valence-corrected chi connectivity index (χ1v) is 11.2. The number of carbonyl (C=O) groups is 2. The molecule has 3 rings (SSSR count). The first-order valence-electron chi connectivity index (χ1n) is 9.50. The van der Waals surface area contributed by atoms with E-state index in [9.17, 15) is 18.0 Å². The number of para-hydroxylation sites is 1. The Balaban J connectivity index is 1.57. The van der Waals surface area contributed by atoms with Crippen molar-refractivity contribution in [2.24, 2.45) is 5.92 Å². The Labute approximate surface area is 165 Å². The number of fused-ring (bicyclic) bond motifs is 1. The van der Waals surface area contributed by atoms with Crippen LogP contribution in [0.2, 0.25) is 0 Å². The van der Waals surface area contributed by atoms with Crippen LogP contribution in [-0.4, -0.2) is 31.3 Å². The summed E-state index contributed by atoms with van der Waals surface area (Å²) in [5, 5.41) is 3.65. The maximum Gasteiger partial charge on any atom is 0.239 e. The minimum Gasteiger partial charge on any atom is -0.353 e. The Kier molecular flexibility index (Phi) is 6.28. The first kappa shape index (κ1) is 20.3. The van der Waals surface area contributed by atoms with Gasteiger partial charge in [0.1, 0.15) is 0 Å². The van der Waals surface area contributed by atoms with E-state index in [0.29, 0.717) is 11.1 Å². The standard InChI is InChI=1S/C20H25N3O4S/c1-14(22-20(25)16-6-2-3-7-16)12-18(24)23-28(26,27)13-17-9-4-8-15-10-5-11-21-19(15)17/h4-5,8-11,14,16H,2-3,6-7,12-13H2,1H3,(H,22,25)(H,23,24). The quantitative estimate of drug-likeness (QED) is 0.738. The van der Waals surface area contributed by atoms with Crippen LogP contribution in [0.1, 0.15) is 44.6 Å². The highest BCUT2D eigenvalue weighted by atomic mass is 32.2. The van der Waals surface area contributed by atoms with Crippen molar-refractivity contribution in [2.45, 2.75) is 50.8 Å². The van der Waals surface area contributed by atoms with Crippen molar-refractivity contribution >= 4 is 32.7 Å². The molecule has 2 aromatic rings. The average molecular weight is 404 g/mol. The predicted molar refractivity (Wildman–Crippen MR) is 107 cm³/mol. The van der Waals surface area contributed by atoms with E-state index >= 15 is 0 Å². The van der Waals surface area contributed by atoms with Gasteiger partial charge < -0.3 is 5.32 Å². The van der Waals surface area contributed by atoms with Gasteiger partial charge in [0, 0.05) is 30.0 Å². The van der Waals surface area contributed by atoms with E-state index in [4.69, 9.17) is 0 Å². The van der Waals surface area contributed by atoms with Crippen molar-refractivity contribution in [3.8, 4) is 0 Å².